The standard InChI is InChI=1S/C21H24F2N4O3/c1-21(2,3)18(19(29)24-4)25-20(30)27-16-8-6-12(28)10-13(16)17(26-27)11-5-7-14(22)15(23)9-11/h5,7,9,18H,6,8,10H2,1-4H3,(H,24,29)(H,25,30)/t18-/m1/s1. The van der Waals surface area contributed by atoms with Gasteiger partial charge in [0.15, 0.2) is 11.6 Å². The van der Waals surface area contributed by atoms with Crippen molar-refractivity contribution in [2.45, 2.75) is 46.1 Å². The molecular weight excluding hydrogens is 394 g/mol. The molecule has 0 saturated heterocycles. The summed E-state index contributed by atoms with van der Waals surface area (Å²) in [5.74, 6) is -2.42. The van der Waals surface area contributed by atoms with Gasteiger partial charge in [0, 0.05) is 31.0 Å². The lowest BCUT2D eigenvalue weighted by Crippen LogP contribution is -2.54. The summed E-state index contributed by atoms with van der Waals surface area (Å²) in [4.78, 5) is 37.3. The zero-order valence-electron chi connectivity index (χ0n) is 17.3. The molecule has 1 atom stereocenters. The number of hydrogen-bond acceptors (Lipinski definition) is 4. The second kappa shape index (κ2) is 7.97. The third-order valence-electron chi connectivity index (χ3n) is 5.13. The highest BCUT2D eigenvalue weighted by atomic mass is 19.2. The molecule has 2 N–H and O–H groups in total. The molecular formula is C21H24F2N4O3. The van der Waals surface area contributed by atoms with Gasteiger partial charge in [-0.05, 0) is 30.0 Å². The van der Waals surface area contributed by atoms with E-state index in [4.69, 9.17) is 0 Å². The molecule has 0 aliphatic heterocycles. The van der Waals surface area contributed by atoms with Gasteiger partial charge in [-0.3, -0.25) is 9.59 Å². The summed E-state index contributed by atoms with van der Waals surface area (Å²) in [5, 5.41) is 9.55. The largest absolute Gasteiger partial charge is 0.357 e. The molecule has 1 aromatic heterocycles. The highest BCUT2D eigenvalue weighted by Crippen LogP contribution is 2.31. The van der Waals surface area contributed by atoms with Gasteiger partial charge in [0.05, 0.1) is 11.4 Å². The number of nitrogens with zero attached hydrogens (tertiary/aromatic N) is 2. The van der Waals surface area contributed by atoms with E-state index in [-0.39, 0.29) is 35.8 Å². The van der Waals surface area contributed by atoms with Crippen LogP contribution in [0.1, 0.15) is 38.4 Å². The number of benzene rings is 1. The molecule has 0 unspecified atom stereocenters. The SMILES string of the molecule is CNC(=O)[C@@H](NC(=O)n1nc(-c2ccc(F)c(F)c2)c2c1CCC(=O)C2)C(C)(C)C. The van der Waals surface area contributed by atoms with Gasteiger partial charge in [-0.15, -0.1) is 0 Å². The van der Waals surface area contributed by atoms with Crippen LogP contribution < -0.4 is 10.6 Å². The van der Waals surface area contributed by atoms with Crippen LogP contribution in [0.15, 0.2) is 18.2 Å². The van der Waals surface area contributed by atoms with Crippen LogP contribution >= 0.6 is 0 Å². The van der Waals surface area contributed by atoms with Crippen molar-refractivity contribution in [1.82, 2.24) is 20.4 Å². The Bertz CT molecular complexity index is 1020. The number of fused-ring (bicyclic) bond motifs is 1. The Balaban J connectivity index is 2.05. The molecule has 0 saturated carbocycles. The Morgan fingerprint density at radius 3 is 2.47 bits per heavy atom. The van der Waals surface area contributed by atoms with Gasteiger partial charge in [0.1, 0.15) is 11.8 Å². The van der Waals surface area contributed by atoms with Crippen LogP contribution in [-0.4, -0.2) is 40.6 Å². The summed E-state index contributed by atoms with van der Waals surface area (Å²) in [6.45, 7) is 5.45. The van der Waals surface area contributed by atoms with Gasteiger partial charge < -0.3 is 10.6 Å². The third kappa shape index (κ3) is 4.10. The summed E-state index contributed by atoms with van der Waals surface area (Å²) in [6.07, 6.45) is 0.592. The van der Waals surface area contributed by atoms with Gasteiger partial charge >= 0.3 is 6.03 Å². The van der Waals surface area contributed by atoms with E-state index >= 15 is 0 Å². The van der Waals surface area contributed by atoms with E-state index in [2.05, 4.69) is 15.7 Å². The number of Topliss-reactive ketones (excluding diaryl/α,β-unsaturated/α-hetero) is 1. The van der Waals surface area contributed by atoms with E-state index in [0.29, 0.717) is 17.7 Å². The van der Waals surface area contributed by atoms with Crippen molar-refractivity contribution in [2.75, 3.05) is 7.05 Å². The molecule has 2 aromatic rings. The maximum atomic E-state index is 13.8. The number of carbonyl (C=O) groups excluding carboxylic acids is 3. The number of rotatable bonds is 3. The van der Waals surface area contributed by atoms with E-state index in [9.17, 15) is 23.2 Å². The van der Waals surface area contributed by atoms with Gasteiger partial charge in [-0.2, -0.15) is 9.78 Å². The van der Waals surface area contributed by atoms with Gasteiger partial charge in [0.25, 0.3) is 0 Å². The quantitative estimate of drug-likeness (QED) is 0.801. The van der Waals surface area contributed by atoms with Crippen LogP contribution in [0.5, 0.6) is 0 Å². The first-order chi connectivity index (χ1) is 14.0. The minimum Gasteiger partial charge on any atom is -0.357 e. The van der Waals surface area contributed by atoms with Crippen molar-refractivity contribution in [1.29, 1.82) is 0 Å². The van der Waals surface area contributed by atoms with Crippen LogP contribution in [0.25, 0.3) is 11.3 Å². The molecule has 3 rings (SSSR count). The fourth-order valence-electron chi connectivity index (χ4n) is 3.52. The second-order valence-corrected chi connectivity index (χ2v) is 8.39. The molecule has 2 amide bonds. The van der Waals surface area contributed by atoms with E-state index in [1.165, 1.54) is 13.1 Å². The lowest BCUT2D eigenvalue weighted by molar-refractivity contribution is -0.124. The highest BCUT2D eigenvalue weighted by molar-refractivity contribution is 5.90. The summed E-state index contributed by atoms with van der Waals surface area (Å²) >= 11 is 0. The normalized spacial score (nSPS) is 14.8. The number of carbonyl (C=O) groups is 3. The maximum absolute atomic E-state index is 13.8. The molecule has 0 radical (unpaired) electrons. The molecule has 1 aliphatic carbocycles. The number of aromatic nitrogens is 2. The van der Waals surface area contributed by atoms with Crippen LogP contribution in [0.4, 0.5) is 13.6 Å². The topological polar surface area (TPSA) is 93.1 Å². The van der Waals surface area contributed by atoms with Crippen LogP contribution in [0.3, 0.4) is 0 Å². The van der Waals surface area contributed by atoms with Crippen molar-refractivity contribution < 1.29 is 23.2 Å². The molecule has 160 valence electrons. The first-order valence-electron chi connectivity index (χ1n) is 9.63. The lowest BCUT2D eigenvalue weighted by atomic mass is 9.86. The number of hydrogen-bond donors (Lipinski definition) is 2. The van der Waals surface area contributed by atoms with Crippen LogP contribution in [0, 0.1) is 17.0 Å². The van der Waals surface area contributed by atoms with Gasteiger partial charge in [0.2, 0.25) is 5.91 Å². The first-order valence-corrected chi connectivity index (χ1v) is 9.63. The average Bonchev–Trinajstić information content (AvgIpc) is 3.05. The Labute approximate surface area is 172 Å². The van der Waals surface area contributed by atoms with Crippen molar-refractivity contribution in [3.05, 3.63) is 41.1 Å². The van der Waals surface area contributed by atoms with Crippen molar-refractivity contribution >= 4 is 17.7 Å². The van der Waals surface area contributed by atoms with Gasteiger partial charge in [-0.1, -0.05) is 20.8 Å². The molecule has 9 heteroatoms. The monoisotopic (exact) mass is 418 g/mol. The number of likely N-dealkylation sites (N-methyl/N-ethyl adjacent to an activating group) is 1. The summed E-state index contributed by atoms with van der Waals surface area (Å²) in [6, 6.07) is 1.86. The Morgan fingerprint density at radius 1 is 1.17 bits per heavy atom. The summed E-state index contributed by atoms with van der Waals surface area (Å²) in [7, 11) is 1.48. The summed E-state index contributed by atoms with van der Waals surface area (Å²) in [5.41, 5.74) is 0.988. The maximum Gasteiger partial charge on any atom is 0.343 e. The predicted octanol–water partition coefficient (Wildman–Crippen LogP) is 2.60. The third-order valence-corrected chi connectivity index (χ3v) is 5.13. The molecule has 1 aromatic carbocycles. The van der Waals surface area contributed by atoms with Crippen molar-refractivity contribution in [3.63, 3.8) is 0 Å². The molecule has 0 bridgehead atoms. The fraction of sp³-hybridized carbons (Fsp3) is 0.429. The minimum atomic E-state index is -1.05. The van der Waals surface area contributed by atoms with E-state index in [0.717, 1.165) is 16.8 Å². The highest BCUT2D eigenvalue weighted by Gasteiger charge is 2.34. The summed E-state index contributed by atoms with van der Waals surface area (Å²) < 4.78 is 28.3. The molecule has 30 heavy (non-hydrogen) atoms. The van der Waals surface area contributed by atoms with E-state index < -0.39 is 29.1 Å². The van der Waals surface area contributed by atoms with Crippen molar-refractivity contribution in [2.24, 2.45) is 5.41 Å². The van der Waals surface area contributed by atoms with Crippen molar-refractivity contribution in [3.8, 4) is 11.3 Å². The van der Waals surface area contributed by atoms with E-state index in [1.807, 2.05) is 20.8 Å². The number of nitrogens with one attached hydrogen (secondary N) is 2. The van der Waals surface area contributed by atoms with Crippen LogP contribution in [0.2, 0.25) is 0 Å². The van der Waals surface area contributed by atoms with Gasteiger partial charge in [-0.25, -0.2) is 13.6 Å². The number of amides is 2. The minimum absolute atomic E-state index is 0.0239. The lowest BCUT2D eigenvalue weighted by Gasteiger charge is -2.29. The number of halogens is 2. The Kier molecular flexibility index (Phi) is 5.74. The first kappa shape index (κ1) is 21.6. The Morgan fingerprint density at radius 2 is 1.87 bits per heavy atom. The van der Waals surface area contributed by atoms with E-state index in [1.54, 1.807) is 0 Å². The molecule has 1 heterocycles. The zero-order chi connectivity index (χ0) is 22.2. The number of ketones is 1. The average molecular weight is 418 g/mol. The molecule has 0 spiro atoms. The Hall–Kier alpha value is -3.10. The fourth-order valence-corrected chi connectivity index (χ4v) is 3.52. The molecule has 0 fully saturated rings. The zero-order valence-corrected chi connectivity index (χ0v) is 17.3. The smallest absolute Gasteiger partial charge is 0.343 e. The second-order valence-electron chi connectivity index (χ2n) is 8.39. The predicted molar refractivity (Wildman–Crippen MR) is 106 cm³/mol. The van der Waals surface area contributed by atoms with Crippen LogP contribution in [-0.2, 0) is 22.4 Å². The molecule has 1 aliphatic rings. The molecule has 7 nitrogen and oxygen atoms in total.